The van der Waals surface area contributed by atoms with Gasteiger partial charge in [0.2, 0.25) is 5.91 Å². The third-order valence-corrected chi connectivity index (χ3v) is 6.63. The number of benzene rings is 1. The molecule has 34 heavy (non-hydrogen) atoms. The van der Waals surface area contributed by atoms with Gasteiger partial charge in [0.1, 0.15) is 5.75 Å². The number of carbonyl (C=O) groups is 3. The second kappa shape index (κ2) is 14.1. The highest BCUT2D eigenvalue weighted by molar-refractivity contribution is 5.82. The zero-order valence-corrected chi connectivity index (χ0v) is 21.7. The maximum absolute atomic E-state index is 13.2. The molecule has 0 heterocycles. The van der Waals surface area contributed by atoms with E-state index in [0.717, 1.165) is 36.8 Å². The monoisotopic (exact) mass is 476 g/mol. The molecule has 1 aromatic carbocycles. The largest absolute Gasteiger partial charge is 0.483 e. The van der Waals surface area contributed by atoms with Crippen molar-refractivity contribution in [3.8, 4) is 5.75 Å². The van der Waals surface area contributed by atoms with Gasteiger partial charge in [0.05, 0.1) is 12.5 Å². The lowest BCUT2D eigenvalue weighted by Crippen LogP contribution is -2.48. The summed E-state index contributed by atoms with van der Waals surface area (Å²) >= 11 is 0. The Morgan fingerprint density at radius 1 is 1.06 bits per heavy atom. The number of carboxylic acid groups (broad SMARTS) is 1. The second-order valence-corrected chi connectivity index (χ2v) is 10.4. The molecule has 1 fully saturated rings. The van der Waals surface area contributed by atoms with Crippen molar-refractivity contribution in [1.82, 2.24) is 5.32 Å². The number of para-hydroxylation sites is 1. The maximum atomic E-state index is 13.2. The van der Waals surface area contributed by atoms with Crippen LogP contribution in [-0.4, -0.2) is 36.0 Å². The van der Waals surface area contributed by atoms with E-state index in [1.807, 2.05) is 32.0 Å². The summed E-state index contributed by atoms with van der Waals surface area (Å²) in [4.78, 5) is 34.0. The van der Waals surface area contributed by atoms with Crippen LogP contribution in [0, 0.1) is 11.3 Å². The third-order valence-electron chi connectivity index (χ3n) is 6.63. The zero-order chi connectivity index (χ0) is 25.9. The van der Waals surface area contributed by atoms with Crippen molar-refractivity contribution in [2.24, 2.45) is 17.1 Å². The van der Waals surface area contributed by atoms with Gasteiger partial charge in [0, 0.05) is 6.54 Å². The molecule has 1 aliphatic carbocycles. The molecule has 7 heteroatoms. The van der Waals surface area contributed by atoms with Gasteiger partial charge in [-0.2, -0.15) is 0 Å². The van der Waals surface area contributed by atoms with Gasteiger partial charge in [-0.05, 0) is 47.1 Å². The summed E-state index contributed by atoms with van der Waals surface area (Å²) in [5, 5.41) is 9.92. The fraction of sp³-hybridized carbons (Fsp3) is 0.667. The van der Waals surface area contributed by atoms with Crippen LogP contribution >= 0.6 is 0 Å². The van der Waals surface area contributed by atoms with E-state index < -0.39 is 6.04 Å². The fourth-order valence-corrected chi connectivity index (χ4v) is 4.47. The molecule has 1 aliphatic rings. The van der Waals surface area contributed by atoms with Crippen molar-refractivity contribution in [3.63, 3.8) is 0 Å². The lowest BCUT2D eigenvalue weighted by Gasteiger charge is -2.37. The minimum absolute atomic E-state index is 0.0780. The minimum Gasteiger partial charge on any atom is -0.483 e. The number of ether oxygens (including phenoxy) is 1. The van der Waals surface area contributed by atoms with E-state index in [1.165, 1.54) is 6.42 Å². The molecule has 0 saturated heterocycles. The first-order valence-corrected chi connectivity index (χ1v) is 12.4. The van der Waals surface area contributed by atoms with Gasteiger partial charge in [-0.1, -0.05) is 79.0 Å². The Morgan fingerprint density at radius 2 is 1.56 bits per heavy atom. The van der Waals surface area contributed by atoms with E-state index in [1.54, 1.807) is 0 Å². The average molecular weight is 477 g/mol. The molecular weight excluding hydrogens is 432 g/mol. The van der Waals surface area contributed by atoms with Gasteiger partial charge in [0.25, 0.3) is 6.47 Å². The first kappa shape index (κ1) is 29.6. The number of amides is 1. The van der Waals surface area contributed by atoms with Gasteiger partial charge < -0.3 is 20.9 Å². The SMILES string of the molecule is CC(C)c1cccc(C(C)C)c1OC(=O)CC1(CNC(=O)[C@@H](N)C(C)C)CCCCC1.O=CO. The Bertz CT molecular complexity index is 772. The number of hydrogen-bond donors (Lipinski definition) is 3. The summed E-state index contributed by atoms with van der Waals surface area (Å²) in [5.41, 5.74) is 7.88. The van der Waals surface area contributed by atoms with Crippen LogP contribution in [0.2, 0.25) is 0 Å². The molecular formula is C27H44N2O5. The Labute approximate surface area is 204 Å². The van der Waals surface area contributed by atoms with E-state index in [0.29, 0.717) is 18.7 Å². The maximum Gasteiger partial charge on any atom is 0.311 e. The summed E-state index contributed by atoms with van der Waals surface area (Å²) in [6.45, 7) is 12.6. The normalized spacial score (nSPS) is 15.9. The van der Waals surface area contributed by atoms with Crippen molar-refractivity contribution in [2.75, 3.05) is 6.54 Å². The molecule has 0 radical (unpaired) electrons. The molecule has 0 unspecified atom stereocenters. The predicted octanol–water partition coefficient (Wildman–Crippen LogP) is 4.98. The molecule has 1 atom stereocenters. The van der Waals surface area contributed by atoms with Gasteiger partial charge in [-0.3, -0.25) is 14.4 Å². The minimum atomic E-state index is -0.529. The molecule has 1 aromatic rings. The number of nitrogens with one attached hydrogen (secondary N) is 1. The Hall–Kier alpha value is -2.41. The summed E-state index contributed by atoms with van der Waals surface area (Å²) in [6.07, 6.45) is 5.46. The molecule has 0 bridgehead atoms. The number of carbonyl (C=O) groups excluding carboxylic acids is 2. The van der Waals surface area contributed by atoms with Crippen molar-refractivity contribution in [1.29, 1.82) is 0 Å². The Balaban J connectivity index is 0.00000182. The van der Waals surface area contributed by atoms with Crippen LogP contribution < -0.4 is 15.8 Å². The molecule has 7 nitrogen and oxygen atoms in total. The van der Waals surface area contributed by atoms with Crippen molar-refractivity contribution >= 4 is 18.3 Å². The number of hydrogen-bond acceptors (Lipinski definition) is 5. The highest BCUT2D eigenvalue weighted by atomic mass is 16.5. The number of esters is 1. The molecule has 192 valence electrons. The van der Waals surface area contributed by atoms with Crippen molar-refractivity contribution in [3.05, 3.63) is 29.3 Å². The molecule has 1 saturated carbocycles. The average Bonchev–Trinajstić information content (AvgIpc) is 2.77. The van der Waals surface area contributed by atoms with Crippen LogP contribution in [0.4, 0.5) is 0 Å². The Kier molecular flexibility index (Phi) is 12.3. The van der Waals surface area contributed by atoms with Crippen LogP contribution in [0.3, 0.4) is 0 Å². The van der Waals surface area contributed by atoms with E-state index in [9.17, 15) is 9.59 Å². The van der Waals surface area contributed by atoms with Crippen LogP contribution in [0.25, 0.3) is 0 Å². The van der Waals surface area contributed by atoms with Crippen LogP contribution in [0.5, 0.6) is 5.75 Å². The molecule has 1 amide bonds. The molecule has 0 aliphatic heterocycles. The molecule has 0 aromatic heterocycles. The van der Waals surface area contributed by atoms with E-state index in [2.05, 4.69) is 33.0 Å². The highest BCUT2D eigenvalue weighted by Crippen LogP contribution is 2.40. The van der Waals surface area contributed by atoms with E-state index in [-0.39, 0.29) is 41.5 Å². The van der Waals surface area contributed by atoms with Crippen LogP contribution in [-0.2, 0) is 14.4 Å². The first-order valence-electron chi connectivity index (χ1n) is 12.4. The molecule has 2 rings (SSSR count). The fourth-order valence-electron chi connectivity index (χ4n) is 4.47. The summed E-state index contributed by atoms with van der Waals surface area (Å²) in [6, 6.07) is 5.60. The summed E-state index contributed by atoms with van der Waals surface area (Å²) in [5.74, 6) is 0.979. The summed E-state index contributed by atoms with van der Waals surface area (Å²) in [7, 11) is 0. The van der Waals surface area contributed by atoms with E-state index in [4.69, 9.17) is 20.4 Å². The van der Waals surface area contributed by atoms with Gasteiger partial charge in [-0.25, -0.2) is 0 Å². The predicted molar refractivity (Wildman–Crippen MR) is 135 cm³/mol. The lowest BCUT2D eigenvalue weighted by atomic mass is 9.71. The zero-order valence-electron chi connectivity index (χ0n) is 21.7. The van der Waals surface area contributed by atoms with Gasteiger partial charge in [0.15, 0.2) is 0 Å². The van der Waals surface area contributed by atoms with Crippen LogP contribution in [0.15, 0.2) is 18.2 Å². The highest BCUT2D eigenvalue weighted by Gasteiger charge is 2.36. The number of nitrogens with two attached hydrogens (primary N) is 1. The summed E-state index contributed by atoms with van der Waals surface area (Å²) < 4.78 is 6.04. The smallest absolute Gasteiger partial charge is 0.311 e. The van der Waals surface area contributed by atoms with E-state index >= 15 is 0 Å². The topological polar surface area (TPSA) is 119 Å². The molecule has 0 spiro atoms. The van der Waals surface area contributed by atoms with Crippen molar-refractivity contribution < 1.29 is 24.2 Å². The standard InChI is InChI=1S/C26H42N2O3.CH2O2/c1-17(2)20-11-10-12-21(18(3)4)24(20)31-22(29)15-26(13-8-7-9-14-26)16-28-25(30)23(27)19(5)6;2-1-3/h10-12,17-19,23H,7-9,13-16,27H2,1-6H3,(H,28,30);1H,(H,2,3)/t23-;/m0./s1. The van der Waals surface area contributed by atoms with Crippen molar-refractivity contribution in [2.45, 2.75) is 97.9 Å². The quantitative estimate of drug-likeness (QED) is 0.263. The van der Waals surface area contributed by atoms with Gasteiger partial charge >= 0.3 is 5.97 Å². The first-order chi connectivity index (χ1) is 16.0. The van der Waals surface area contributed by atoms with Crippen LogP contribution in [0.1, 0.15) is 103 Å². The molecule has 4 N–H and O–H groups in total. The number of rotatable bonds is 9. The second-order valence-electron chi connectivity index (χ2n) is 10.4. The lowest BCUT2D eigenvalue weighted by molar-refractivity contribution is -0.138. The Morgan fingerprint density at radius 3 is 2.00 bits per heavy atom. The third kappa shape index (κ3) is 8.75. The van der Waals surface area contributed by atoms with Gasteiger partial charge in [-0.15, -0.1) is 0 Å².